The average molecular weight is 456 g/mol. The van der Waals surface area contributed by atoms with Crippen molar-refractivity contribution in [1.82, 2.24) is 4.31 Å². The number of aliphatic hydroxyl groups is 1. The van der Waals surface area contributed by atoms with E-state index in [9.17, 15) is 13.2 Å². The number of ether oxygens (including phenoxy) is 2. The zero-order valence-corrected chi connectivity index (χ0v) is 19.6. The van der Waals surface area contributed by atoms with Gasteiger partial charge in [-0.2, -0.15) is 16.1 Å². The van der Waals surface area contributed by atoms with E-state index in [1.54, 1.807) is 44.7 Å². The number of esters is 1. The van der Waals surface area contributed by atoms with Crippen molar-refractivity contribution in [3.05, 3.63) is 24.3 Å². The summed E-state index contributed by atoms with van der Waals surface area (Å²) >= 11 is 1.56. The van der Waals surface area contributed by atoms with Gasteiger partial charge >= 0.3 is 5.97 Å². The molecule has 1 aromatic rings. The van der Waals surface area contributed by atoms with Crippen LogP contribution in [0.2, 0.25) is 0 Å². The van der Waals surface area contributed by atoms with Gasteiger partial charge in [0.05, 0.1) is 4.90 Å². The van der Waals surface area contributed by atoms with Crippen LogP contribution >= 0.6 is 11.8 Å². The van der Waals surface area contributed by atoms with E-state index in [2.05, 4.69) is 11.8 Å². The zero-order valence-electron chi connectivity index (χ0n) is 18.0. The second-order valence-corrected chi connectivity index (χ2v) is 11.9. The maximum absolute atomic E-state index is 13.4. The molecule has 1 saturated heterocycles. The van der Waals surface area contributed by atoms with Crippen LogP contribution in [0, 0.1) is 11.8 Å². The van der Waals surface area contributed by atoms with Crippen LogP contribution in [0.15, 0.2) is 29.2 Å². The van der Waals surface area contributed by atoms with Crippen molar-refractivity contribution in [1.29, 1.82) is 0 Å². The normalized spacial score (nSPS) is 19.5. The van der Waals surface area contributed by atoms with Crippen LogP contribution in [0.4, 0.5) is 0 Å². The van der Waals surface area contributed by atoms with E-state index < -0.39 is 32.4 Å². The molecular weight excluding hydrogens is 426 g/mol. The molecule has 1 aliphatic rings. The summed E-state index contributed by atoms with van der Waals surface area (Å²) in [7, 11) is -3.93. The Balaban J connectivity index is 2.30. The van der Waals surface area contributed by atoms with Crippen molar-refractivity contribution in [2.24, 2.45) is 0 Å². The number of rotatable bonds is 5. The Labute approximate surface area is 183 Å². The lowest BCUT2D eigenvalue weighted by Crippen LogP contribution is -2.59. The molecule has 1 N–H and O–H groups in total. The molecule has 0 spiro atoms. The zero-order chi connectivity index (χ0) is 22.6. The van der Waals surface area contributed by atoms with Gasteiger partial charge in [-0.3, -0.25) is 4.79 Å². The molecule has 30 heavy (non-hydrogen) atoms. The molecule has 1 aliphatic heterocycles. The topological polar surface area (TPSA) is 93.1 Å². The minimum absolute atomic E-state index is 0.0764. The Morgan fingerprint density at radius 1 is 1.27 bits per heavy atom. The molecule has 0 saturated carbocycles. The Kier molecular flexibility index (Phi) is 7.85. The van der Waals surface area contributed by atoms with Gasteiger partial charge in [-0.05, 0) is 58.9 Å². The third-order valence-electron chi connectivity index (χ3n) is 4.31. The summed E-state index contributed by atoms with van der Waals surface area (Å²) in [5.41, 5.74) is -0.720. The van der Waals surface area contributed by atoms with E-state index in [1.807, 2.05) is 13.8 Å². The lowest BCUT2D eigenvalue weighted by Gasteiger charge is -2.44. The van der Waals surface area contributed by atoms with Gasteiger partial charge in [0, 0.05) is 17.0 Å². The molecule has 1 aromatic carbocycles. The van der Waals surface area contributed by atoms with Crippen molar-refractivity contribution in [3.63, 3.8) is 0 Å². The van der Waals surface area contributed by atoms with Gasteiger partial charge in [-0.25, -0.2) is 8.42 Å². The molecule has 1 atom stereocenters. The van der Waals surface area contributed by atoms with Gasteiger partial charge in [-0.15, -0.1) is 0 Å². The van der Waals surface area contributed by atoms with Crippen LogP contribution in [0.5, 0.6) is 5.75 Å². The third-order valence-corrected chi connectivity index (χ3v) is 7.54. The Bertz CT molecular complexity index is 908. The van der Waals surface area contributed by atoms with Crippen molar-refractivity contribution in [3.8, 4) is 17.6 Å². The van der Waals surface area contributed by atoms with E-state index in [1.165, 1.54) is 16.4 Å². The molecule has 0 amide bonds. The minimum Gasteiger partial charge on any atom is -0.481 e. The number of benzene rings is 1. The predicted octanol–water partition coefficient (Wildman–Crippen LogP) is 2.29. The van der Waals surface area contributed by atoms with Crippen LogP contribution in [-0.2, 0) is 19.6 Å². The summed E-state index contributed by atoms with van der Waals surface area (Å²) in [5.74, 6) is 5.58. The van der Waals surface area contributed by atoms with Crippen molar-refractivity contribution in [2.75, 3.05) is 25.5 Å². The molecule has 7 nitrogen and oxygen atoms in total. The summed E-state index contributed by atoms with van der Waals surface area (Å²) in [6.07, 6.45) is 0. The molecule has 166 valence electrons. The van der Waals surface area contributed by atoms with E-state index >= 15 is 0 Å². The molecule has 9 heteroatoms. The summed E-state index contributed by atoms with van der Waals surface area (Å²) < 4.78 is 38.3. The van der Waals surface area contributed by atoms with Gasteiger partial charge in [0.15, 0.2) is 0 Å². The Morgan fingerprint density at radius 3 is 2.47 bits per heavy atom. The summed E-state index contributed by atoms with van der Waals surface area (Å²) in [5, 5.41) is 8.64. The van der Waals surface area contributed by atoms with Gasteiger partial charge < -0.3 is 14.6 Å². The largest absolute Gasteiger partial charge is 0.481 e. The van der Waals surface area contributed by atoms with E-state index in [0.717, 1.165) is 0 Å². The fraction of sp³-hybridized carbons (Fsp3) is 0.571. The third kappa shape index (κ3) is 6.14. The monoisotopic (exact) mass is 455 g/mol. The summed E-state index contributed by atoms with van der Waals surface area (Å²) in [6.45, 7) is 9.06. The standard InChI is InChI=1S/C21H29NO6S2/c1-20(2,3)28-19(24)18-21(4,5)29-15-12-22(18)30(25,26)17-10-8-16(9-11-17)27-14-7-6-13-23/h8-11,18,23H,12-15H2,1-5H3/t18-/m0/s1. The lowest BCUT2D eigenvalue weighted by molar-refractivity contribution is -0.160. The van der Waals surface area contributed by atoms with E-state index in [-0.39, 0.29) is 24.7 Å². The lowest BCUT2D eigenvalue weighted by atomic mass is 10.0. The highest BCUT2D eigenvalue weighted by atomic mass is 32.2. The Morgan fingerprint density at radius 2 is 1.90 bits per heavy atom. The molecule has 1 heterocycles. The molecule has 0 aliphatic carbocycles. The molecule has 0 unspecified atom stereocenters. The van der Waals surface area contributed by atoms with Crippen molar-refractivity contribution in [2.45, 2.75) is 55.9 Å². The van der Waals surface area contributed by atoms with Crippen LogP contribution in [0.3, 0.4) is 0 Å². The molecule has 0 radical (unpaired) electrons. The highest BCUT2D eigenvalue weighted by molar-refractivity contribution is 8.00. The number of hydrogen-bond acceptors (Lipinski definition) is 7. The first-order valence-electron chi connectivity index (χ1n) is 9.56. The number of carbonyl (C=O) groups is 1. The maximum Gasteiger partial charge on any atom is 0.326 e. The van der Waals surface area contributed by atoms with Crippen LogP contribution < -0.4 is 4.74 Å². The van der Waals surface area contributed by atoms with E-state index in [0.29, 0.717) is 11.5 Å². The molecule has 0 aromatic heterocycles. The fourth-order valence-electron chi connectivity index (χ4n) is 3.04. The summed E-state index contributed by atoms with van der Waals surface area (Å²) in [4.78, 5) is 13.0. The van der Waals surface area contributed by atoms with Crippen molar-refractivity contribution >= 4 is 27.8 Å². The number of carbonyl (C=O) groups excluding carboxylic acids is 1. The van der Waals surface area contributed by atoms with Gasteiger partial charge in [0.25, 0.3) is 0 Å². The SMILES string of the molecule is CC(C)(C)OC(=O)[C@@H]1N(S(=O)(=O)c2ccc(OCC#CCO)cc2)CCSC1(C)C. The second-order valence-electron chi connectivity index (χ2n) is 8.28. The smallest absolute Gasteiger partial charge is 0.326 e. The molecular formula is C21H29NO6S2. The molecule has 0 bridgehead atoms. The number of hydrogen-bond donors (Lipinski definition) is 1. The van der Waals surface area contributed by atoms with Crippen LogP contribution in [-0.4, -0.2) is 65.7 Å². The van der Waals surface area contributed by atoms with Gasteiger partial charge in [-0.1, -0.05) is 11.8 Å². The first-order chi connectivity index (χ1) is 13.9. The van der Waals surface area contributed by atoms with Crippen molar-refractivity contribution < 1.29 is 27.8 Å². The summed E-state index contributed by atoms with van der Waals surface area (Å²) in [6, 6.07) is 5.04. The quantitative estimate of drug-likeness (QED) is 0.538. The first-order valence-corrected chi connectivity index (χ1v) is 12.0. The highest BCUT2D eigenvalue weighted by Crippen LogP contribution is 2.39. The maximum atomic E-state index is 13.4. The fourth-order valence-corrected chi connectivity index (χ4v) is 6.13. The predicted molar refractivity (Wildman–Crippen MR) is 117 cm³/mol. The van der Waals surface area contributed by atoms with Gasteiger partial charge in [0.1, 0.15) is 30.6 Å². The Hall–Kier alpha value is -1.73. The highest BCUT2D eigenvalue weighted by Gasteiger charge is 2.49. The van der Waals surface area contributed by atoms with Crippen LogP contribution in [0.25, 0.3) is 0 Å². The molecule has 1 fully saturated rings. The van der Waals surface area contributed by atoms with Crippen LogP contribution in [0.1, 0.15) is 34.6 Å². The number of sulfonamides is 1. The number of nitrogens with zero attached hydrogens (tertiary/aromatic N) is 1. The van der Waals surface area contributed by atoms with E-state index in [4.69, 9.17) is 14.6 Å². The molecule has 2 rings (SSSR count). The minimum atomic E-state index is -3.93. The number of aliphatic hydroxyl groups excluding tert-OH is 1. The second kappa shape index (κ2) is 9.60. The average Bonchev–Trinajstić information content (AvgIpc) is 2.63. The number of thioether (sulfide) groups is 1. The van der Waals surface area contributed by atoms with Gasteiger partial charge in [0.2, 0.25) is 10.0 Å². The first kappa shape index (κ1) is 24.5.